The standard InChI is InChI=1S/C20H17N3O8/c1-3-29-19(24)13-8-14(10-15(9-13)23(26)27)20(25)30-11-17-21-18(22-31-17)12-4-6-16(28-2)7-5-12/h4-10H,3,11H2,1-2H3. The van der Waals surface area contributed by atoms with Gasteiger partial charge in [0, 0.05) is 17.7 Å². The van der Waals surface area contributed by atoms with Gasteiger partial charge in [0.15, 0.2) is 6.61 Å². The van der Waals surface area contributed by atoms with Gasteiger partial charge in [-0.05, 0) is 37.3 Å². The summed E-state index contributed by atoms with van der Waals surface area (Å²) in [7, 11) is 1.55. The zero-order valence-corrected chi connectivity index (χ0v) is 16.6. The molecule has 3 aromatic rings. The van der Waals surface area contributed by atoms with E-state index in [2.05, 4.69) is 10.1 Å². The van der Waals surface area contributed by atoms with Crippen LogP contribution in [-0.4, -0.2) is 40.7 Å². The summed E-state index contributed by atoms with van der Waals surface area (Å²) in [6.07, 6.45) is 0. The summed E-state index contributed by atoms with van der Waals surface area (Å²) >= 11 is 0. The van der Waals surface area contributed by atoms with Crippen molar-refractivity contribution in [1.29, 1.82) is 0 Å². The fourth-order valence-electron chi connectivity index (χ4n) is 2.55. The van der Waals surface area contributed by atoms with Crippen molar-refractivity contribution in [3.05, 3.63) is 69.6 Å². The predicted molar refractivity (Wildman–Crippen MR) is 104 cm³/mol. The molecule has 0 saturated carbocycles. The maximum absolute atomic E-state index is 12.4. The lowest BCUT2D eigenvalue weighted by molar-refractivity contribution is -0.384. The fraction of sp³-hybridized carbons (Fsp3) is 0.200. The number of nitro benzene ring substituents is 1. The molecule has 1 aromatic heterocycles. The smallest absolute Gasteiger partial charge is 0.338 e. The van der Waals surface area contributed by atoms with Crippen LogP contribution >= 0.6 is 0 Å². The highest BCUT2D eigenvalue weighted by molar-refractivity contribution is 5.96. The van der Waals surface area contributed by atoms with E-state index < -0.39 is 22.5 Å². The molecule has 2 aromatic carbocycles. The molecule has 0 radical (unpaired) electrons. The number of benzene rings is 2. The number of rotatable bonds is 8. The molecule has 0 spiro atoms. The number of carbonyl (C=O) groups excluding carboxylic acids is 2. The second-order valence-corrected chi connectivity index (χ2v) is 6.06. The molecule has 11 nitrogen and oxygen atoms in total. The van der Waals surface area contributed by atoms with Crippen LogP contribution < -0.4 is 4.74 Å². The third-order valence-electron chi connectivity index (χ3n) is 4.02. The van der Waals surface area contributed by atoms with Crippen LogP contribution in [0.25, 0.3) is 11.4 Å². The molecule has 0 N–H and O–H groups in total. The van der Waals surface area contributed by atoms with E-state index in [1.54, 1.807) is 38.3 Å². The van der Waals surface area contributed by atoms with Crippen LogP contribution in [0.4, 0.5) is 5.69 Å². The van der Waals surface area contributed by atoms with Gasteiger partial charge in [-0.3, -0.25) is 10.1 Å². The lowest BCUT2D eigenvalue weighted by atomic mass is 10.1. The molecule has 0 aliphatic heterocycles. The van der Waals surface area contributed by atoms with Gasteiger partial charge < -0.3 is 18.7 Å². The zero-order valence-electron chi connectivity index (χ0n) is 16.6. The minimum atomic E-state index is -0.904. The Bertz CT molecular complexity index is 1110. The van der Waals surface area contributed by atoms with Gasteiger partial charge in [0.25, 0.3) is 11.6 Å². The minimum Gasteiger partial charge on any atom is -0.497 e. The number of hydrogen-bond donors (Lipinski definition) is 0. The molecule has 1 heterocycles. The van der Waals surface area contributed by atoms with Crippen LogP contribution in [0.5, 0.6) is 5.75 Å². The fourth-order valence-corrected chi connectivity index (χ4v) is 2.55. The first-order valence-electron chi connectivity index (χ1n) is 9.02. The highest BCUT2D eigenvalue weighted by Crippen LogP contribution is 2.21. The van der Waals surface area contributed by atoms with Crippen molar-refractivity contribution >= 4 is 17.6 Å². The highest BCUT2D eigenvalue weighted by Gasteiger charge is 2.20. The number of nitrogens with zero attached hydrogens (tertiary/aromatic N) is 3. The first-order chi connectivity index (χ1) is 14.9. The van der Waals surface area contributed by atoms with Crippen molar-refractivity contribution in [1.82, 2.24) is 10.1 Å². The van der Waals surface area contributed by atoms with Gasteiger partial charge >= 0.3 is 11.9 Å². The van der Waals surface area contributed by atoms with Crippen molar-refractivity contribution in [3.8, 4) is 17.1 Å². The third kappa shape index (κ3) is 5.21. The lowest BCUT2D eigenvalue weighted by Gasteiger charge is -2.06. The molecule has 31 heavy (non-hydrogen) atoms. The zero-order chi connectivity index (χ0) is 22.4. The number of hydrogen-bond acceptors (Lipinski definition) is 10. The molecule has 0 aliphatic rings. The highest BCUT2D eigenvalue weighted by atomic mass is 16.6. The molecular weight excluding hydrogens is 410 g/mol. The van der Waals surface area contributed by atoms with Crippen molar-refractivity contribution in [2.24, 2.45) is 0 Å². The summed E-state index contributed by atoms with van der Waals surface area (Å²) in [5.41, 5.74) is -0.105. The van der Waals surface area contributed by atoms with Gasteiger partial charge in [0.2, 0.25) is 5.82 Å². The number of methoxy groups -OCH3 is 1. The molecule has 11 heteroatoms. The number of nitro groups is 1. The number of esters is 2. The largest absolute Gasteiger partial charge is 0.497 e. The number of ether oxygens (including phenoxy) is 3. The summed E-state index contributed by atoms with van der Waals surface area (Å²) in [6, 6.07) is 10.1. The van der Waals surface area contributed by atoms with Gasteiger partial charge in [0.05, 0.1) is 29.8 Å². The molecule has 0 amide bonds. The summed E-state index contributed by atoms with van der Waals surface area (Å²) in [5, 5.41) is 14.9. The molecule has 3 rings (SSSR count). The first kappa shape index (κ1) is 21.4. The van der Waals surface area contributed by atoms with Gasteiger partial charge in [-0.1, -0.05) is 5.16 Å². The Morgan fingerprint density at radius 3 is 2.29 bits per heavy atom. The molecule has 0 saturated heterocycles. The van der Waals surface area contributed by atoms with Crippen molar-refractivity contribution in [2.75, 3.05) is 13.7 Å². The maximum Gasteiger partial charge on any atom is 0.338 e. The predicted octanol–water partition coefficient (Wildman–Crippen LogP) is 3.19. The Labute approximate surface area is 175 Å². The van der Waals surface area contributed by atoms with Crippen molar-refractivity contribution in [3.63, 3.8) is 0 Å². The Kier molecular flexibility index (Phi) is 6.55. The van der Waals surface area contributed by atoms with E-state index in [9.17, 15) is 19.7 Å². The van der Waals surface area contributed by atoms with Gasteiger partial charge in [-0.2, -0.15) is 4.98 Å². The van der Waals surface area contributed by atoms with E-state index in [0.717, 1.165) is 18.2 Å². The van der Waals surface area contributed by atoms with Crippen LogP contribution in [0.3, 0.4) is 0 Å². The molecule has 0 fully saturated rings. The van der Waals surface area contributed by atoms with E-state index in [1.165, 1.54) is 0 Å². The van der Waals surface area contributed by atoms with Crippen LogP contribution in [0.1, 0.15) is 33.5 Å². The number of aromatic nitrogens is 2. The molecule has 0 unspecified atom stereocenters. The Morgan fingerprint density at radius 1 is 1.06 bits per heavy atom. The number of carbonyl (C=O) groups is 2. The van der Waals surface area contributed by atoms with E-state index in [0.29, 0.717) is 11.3 Å². The molecular formula is C20H17N3O8. The van der Waals surface area contributed by atoms with Gasteiger partial charge in [-0.15, -0.1) is 0 Å². The summed E-state index contributed by atoms with van der Waals surface area (Å²) in [6.45, 7) is 1.31. The Balaban J connectivity index is 1.72. The third-order valence-corrected chi connectivity index (χ3v) is 4.02. The quantitative estimate of drug-likeness (QED) is 0.298. The lowest BCUT2D eigenvalue weighted by Crippen LogP contribution is -2.10. The van der Waals surface area contributed by atoms with Crippen LogP contribution in [0.2, 0.25) is 0 Å². The van der Waals surface area contributed by atoms with Crippen molar-refractivity contribution in [2.45, 2.75) is 13.5 Å². The van der Waals surface area contributed by atoms with Crippen LogP contribution in [-0.2, 0) is 16.1 Å². The Hall–Kier alpha value is -4.28. The van der Waals surface area contributed by atoms with E-state index in [4.69, 9.17) is 18.7 Å². The topological polar surface area (TPSA) is 144 Å². The molecule has 160 valence electrons. The molecule has 0 atom stereocenters. The molecule has 0 bridgehead atoms. The average molecular weight is 427 g/mol. The van der Waals surface area contributed by atoms with Gasteiger partial charge in [0.1, 0.15) is 5.75 Å². The summed E-state index contributed by atoms with van der Waals surface area (Å²) < 4.78 is 20.1. The van der Waals surface area contributed by atoms with Gasteiger partial charge in [-0.25, -0.2) is 9.59 Å². The van der Waals surface area contributed by atoms with E-state index in [1.807, 2.05) is 0 Å². The number of non-ortho nitro benzene ring substituents is 1. The second kappa shape index (κ2) is 9.48. The Morgan fingerprint density at radius 2 is 1.71 bits per heavy atom. The SMILES string of the molecule is CCOC(=O)c1cc(C(=O)OCc2nc(-c3ccc(OC)cc3)no2)cc([N+](=O)[O-])c1. The second-order valence-electron chi connectivity index (χ2n) is 6.06. The van der Waals surface area contributed by atoms with Crippen LogP contribution in [0.15, 0.2) is 47.0 Å². The van der Waals surface area contributed by atoms with E-state index in [-0.39, 0.29) is 36.1 Å². The van der Waals surface area contributed by atoms with Crippen molar-refractivity contribution < 1.29 is 33.2 Å². The average Bonchev–Trinajstić information content (AvgIpc) is 3.26. The minimum absolute atomic E-state index is 0.0233. The normalized spacial score (nSPS) is 10.4. The monoisotopic (exact) mass is 427 g/mol. The van der Waals surface area contributed by atoms with E-state index >= 15 is 0 Å². The maximum atomic E-state index is 12.4. The first-order valence-corrected chi connectivity index (χ1v) is 9.02. The summed E-state index contributed by atoms with van der Waals surface area (Å²) in [5.74, 6) is -0.718. The molecule has 0 aliphatic carbocycles. The summed E-state index contributed by atoms with van der Waals surface area (Å²) in [4.78, 5) is 38.8. The van der Waals surface area contributed by atoms with Crippen LogP contribution in [0, 0.1) is 10.1 Å².